The van der Waals surface area contributed by atoms with Gasteiger partial charge in [0.15, 0.2) is 5.78 Å². The van der Waals surface area contributed by atoms with Gasteiger partial charge in [-0.1, -0.05) is 34.6 Å². The van der Waals surface area contributed by atoms with E-state index in [9.17, 15) is 19.2 Å². The molecule has 1 aromatic rings. The molecule has 1 unspecified atom stereocenters. The second kappa shape index (κ2) is 9.03. The van der Waals surface area contributed by atoms with E-state index in [1.54, 1.807) is 24.3 Å². The lowest BCUT2D eigenvalue weighted by atomic mass is 9.79. The highest BCUT2D eigenvalue weighted by molar-refractivity contribution is 6.28. The number of ketones is 1. The van der Waals surface area contributed by atoms with E-state index in [0.717, 1.165) is 17.7 Å². The number of amides is 4. The van der Waals surface area contributed by atoms with Crippen molar-refractivity contribution in [2.75, 3.05) is 10.2 Å². The number of anilines is 2. The zero-order chi connectivity index (χ0) is 21.8. The van der Waals surface area contributed by atoms with Crippen LogP contribution in [-0.2, 0) is 14.4 Å². The van der Waals surface area contributed by atoms with Gasteiger partial charge in [0.05, 0.1) is 11.7 Å². The monoisotopic (exact) mass is 403 g/mol. The second-order valence-electron chi connectivity index (χ2n) is 8.21. The number of nitrogens with one attached hydrogen (secondary N) is 2. The van der Waals surface area contributed by atoms with Crippen LogP contribution < -0.4 is 15.5 Å². The van der Waals surface area contributed by atoms with E-state index in [0.29, 0.717) is 11.4 Å². The molecular weight excluding hydrogens is 370 g/mol. The molecule has 1 heterocycles. The summed E-state index contributed by atoms with van der Waals surface area (Å²) in [5, 5.41) is 5.52. The maximum absolute atomic E-state index is 12.9. The van der Waals surface area contributed by atoms with Crippen molar-refractivity contribution >= 4 is 35.0 Å². The van der Waals surface area contributed by atoms with E-state index in [4.69, 9.17) is 0 Å². The number of Topliss-reactive ketones (excluding diaryl/α,β-unsaturated/α-hetero) is 1. The maximum atomic E-state index is 12.9. The van der Waals surface area contributed by atoms with Gasteiger partial charge in [0, 0.05) is 26.6 Å². The molecule has 7 nitrogen and oxygen atoms in total. The molecule has 1 aromatic carbocycles. The predicted molar refractivity (Wildman–Crippen MR) is 117 cm³/mol. The van der Waals surface area contributed by atoms with Crippen molar-refractivity contribution in [2.24, 2.45) is 11.3 Å². The summed E-state index contributed by atoms with van der Waals surface area (Å²) in [7, 11) is 0. The molecule has 0 bridgehead atoms. The van der Waals surface area contributed by atoms with E-state index in [2.05, 4.69) is 10.6 Å². The highest BCUT2D eigenvalue weighted by atomic mass is 16.2. The van der Waals surface area contributed by atoms with Gasteiger partial charge in [-0.15, -0.1) is 0 Å². The van der Waals surface area contributed by atoms with Crippen molar-refractivity contribution in [1.82, 2.24) is 5.32 Å². The summed E-state index contributed by atoms with van der Waals surface area (Å²) in [5.41, 5.74) is 0.484. The van der Waals surface area contributed by atoms with Gasteiger partial charge in [-0.3, -0.25) is 14.4 Å². The quantitative estimate of drug-likeness (QED) is 0.669. The van der Waals surface area contributed by atoms with Crippen LogP contribution in [0.15, 0.2) is 36.4 Å². The molecule has 0 fully saturated rings. The number of urea groups is 1. The Hall–Kier alpha value is -2.96. The van der Waals surface area contributed by atoms with E-state index in [1.807, 2.05) is 34.6 Å². The zero-order valence-electron chi connectivity index (χ0n) is 17.6. The first-order chi connectivity index (χ1) is 13.6. The molecule has 160 valence electrons. The van der Waals surface area contributed by atoms with Crippen LogP contribution in [0.4, 0.5) is 16.2 Å². The number of rotatable bonds is 7. The minimum atomic E-state index is -0.613. The Balaban J connectivity index is 0.00000450. The van der Waals surface area contributed by atoms with Crippen LogP contribution in [0.1, 0.15) is 50.3 Å². The van der Waals surface area contributed by atoms with E-state index in [1.165, 1.54) is 12.2 Å². The first-order valence-corrected chi connectivity index (χ1v) is 9.85. The molecule has 7 heteroatoms. The summed E-state index contributed by atoms with van der Waals surface area (Å²) in [6, 6.07) is 5.26. The summed E-state index contributed by atoms with van der Waals surface area (Å²) in [6.07, 6.45) is 3.89. The summed E-state index contributed by atoms with van der Waals surface area (Å²) < 4.78 is 0. The van der Waals surface area contributed by atoms with Gasteiger partial charge in [-0.2, -0.15) is 0 Å². The zero-order valence-corrected chi connectivity index (χ0v) is 17.6. The van der Waals surface area contributed by atoms with Crippen molar-refractivity contribution < 1.29 is 22.0 Å². The SMILES string of the molecule is CCC(CC)C(=O)C(NC(=O)Nc1ccc(N2C(=O)C=CC2=O)cc1)C(C)(C)C.[HH].[HH]. The molecule has 29 heavy (non-hydrogen) atoms. The fourth-order valence-electron chi connectivity index (χ4n) is 3.29. The van der Waals surface area contributed by atoms with Gasteiger partial charge in [-0.05, 0) is 42.5 Å². The molecule has 1 aliphatic heterocycles. The summed E-state index contributed by atoms with van der Waals surface area (Å²) >= 11 is 0. The lowest BCUT2D eigenvalue weighted by Gasteiger charge is -2.32. The van der Waals surface area contributed by atoms with Gasteiger partial charge in [0.1, 0.15) is 0 Å². The molecule has 0 saturated heterocycles. The Morgan fingerprint density at radius 3 is 1.97 bits per heavy atom. The van der Waals surface area contributed by atoms with Crippen LogP contribution in [0.5, 0.6) is 0 Å². The summed E-state index contributed by atoms with van der Waals surface area (Å²) in [4.78, 5) is 49.9. The first kappa shape index (κ1) is 22.3. The molecule has 1 atom stereocenters. The minimum Gasteiger partial charge on any atom is -0.328 e. The maximum Gasteiger partial charge on any atom is 0.319 e. The number of hydrogen-bond acceptors (Lipinski definition) is 4. The lowest BCUT2D eigenvalue weighted by Crippen LogP contribution is -2.52. The predicted octanol–water partition coefficient (Wildman–Crippen LogP) is 4.15. The number of hydrogen-bond donors (Lipinski definition) is 2. The normalized spacial score (nSPS) is 15.0. The molecule has 1 aliphatic rings. The van der Waals surface area contributed by atoms with Gasteiger partial charge >= 0.3 is 6.03 Å². The standard InChI is InChI=1S/C22H29N3O4.2H2/c1-6-14(7-2)19(28)20(22(3,4)5)24-21(29)23-15-8-10-16(11-9-15)25-17(26)12-13-18(25)27;;/h8-14,20H,6-7H2,1-5H3,(H2,23,24,29);2*1H. The third-order valence-corrected chi connectivity index (χ3v) is 5.01. The number of carbonyl (C=O) groups is 4. The van der Waals surface area contributed by atoms with Crippen molar-refractivity contribution in [3.63, 3.8) is 0 Å². The largest absolute Gasteiger partial charge is 0.328 e. The average Bonchev–Trinajstić information content (AvgIpc) is 2.99. The van der Waals surface area contributed by atoms with Gasteiger partial charge in [-0.25, -0.2) is 9.69 Å². The molecule has 0 aromatic heterocycles. The summed E-state index contributed by atoms with van der Waals surface area (Å²) in [6.45, 7) is 9.71. The molecule has 2 N–H and O–H groups in total. The van der Waals surface area contributed by atoms with E-state index >= 15 is 0 Å². The fourth-order valence-corrected chi connectivity index (χ4v) is 3.29. The summed E-state index contributed by atoms with van der Waals surface area (Å²) in [5.74, 6) is -0.864. The number of carbonyl (C=O) groups excluding carboxylic acids is 4. The third-order valence-electron chi connectivity index (χ3n) is 5.01. The molecule has 4 amide bonds. The van der Waals surface area contributed by atoms with Crippen LogP contribution >= 0.6 is 0 Å². The Labute approximate surface area is 174 Å². The highest BCUT2D eigenvalue weighted by Gasteiger charge is 2.35. The molecule has 2 rings (SSSR count). The topological polar surface area (TPSA) is 95.6 Å². The van der Waals surface area contributed by atoms with E-state index in [-0.39, 0.29) is 14.6 Å². The van der Waals surface area contributed by atoms with Gasteiger partial charge in [0.2, 0.25) is 0 Å². The van der Waals surface area contributed by atoms with Gasteiger partial charge in [0.25, 0.3) is 11.8 Å². The number of imide groups is 1. The van der Waals surface area contributed by atoms with E-state index < -0.39 is 29.3 Å². The highest BCUT2D eigenvalue weighted by Crippen LogP contribution is 2.25. The van der Waals surface area contributed by atoms with Crippen molar-refractivity contribution in [2.45, 2.75) is 53.5 Å². The third kappa shape index (κ3) is 5.31. The molecule has 0 radical (unpaired) electrons. The Bertz CT molecular complexity index is 810. The molecule has 0 aliphatic carbocycles. The average molecular weight is 404 g/mol. The van der Waals surface area contributed by atoms with Crippen molar-refractivity contribution in [3.05, 3.63) is 36.4 Å². The van der Waals surface area contributed by atoms with Crippen LogP contribution in [0.3, 0.4) is 0 Å². The van der Waals surface area contributed by atoms with Crippen LogP contribution in [-0.4, -0.2) is 29.7 Å². The fraction of sp³-hybridized carbons (Fsp3) is 0.455. The Morgan fingerprint density at radius 1 is 1.00 bits per heavy atom. The minimum absolute atomic E-state index is 0. The first-order valence-electron chi connectivity index (χ1n) is 9.85. The lowest BCUT2D eigenvalue weighted by molar-refractivity contribution is -0.127. The van der Waals surface area contributed by atoms with Crippen molar-refractivity contribution in [1.29, 1.82) is 0 Å². The second-order valence-corrected chi connectivity index (χ2v) is 8.21. The molecular formula is C22H33N3O4. The van der Waals surface area contributed by atoms with Crippen molar-refractivity contribution in [3.8, 4) is 0 Å². The van der Waals surface area contributed by atoms with Crippen LogP contribution in [0.25, 0.3) is 0 Å². The van der Waals surface area contributed by atoms with Gasteiger partial charge < -0.3 is 10.6 Å². The molecule has 0 saturated carbocycles. The van der Waals surface area contributed by atoms with Crippen LogP contribution in [0.2, 0.25) is 0 Å². The molecule has 0 spiro atoms. The number of nitrogens with zero attached hydrogens (tertiary/aromatic N) is 1. The Morgan fingerprint density at radius 2 is 1.52 bits per heavy atom. The van der Waals surface area contributed by atoms with Crippen LogP contribution in [0, 0.1) is 11.3 Å². The Kier molecular flexibility index (Phi) is 6.95. The smallest absolute Gasteiger partial charge is 0.319 e. The number of benzene rings is 1.